The Balaban J connectivity index is 1.94. The van der Waals surface area contributed by atoms with Crippen LogP contribution in [0, 0.1) is 0 Å². The van der Waals surface area contributed by atoms with Crippen LogP contribution in [0.4, 0.5) is 0 Å². The molecule has 2 aromatic rings. The van der Waals surface area contributed by atoms with Crippen molar-refractivity contribution in [1.82, 2.24) is 0 Å². The number of ether oxygens (including phenoxy) is 1. The van der Waals surface area contributed by atoms with Crippen LogP contribution in [0.5, 0.6) is 17.2 Å². The lowest BCUT2D eigenvalue weighted by Crippen LogP contribution is -2.32. The van der Waals surface area contributed by atoms with Crippen molar-refractivity contribution in [3.8, 4) is 17.2 Å². The van der Waals surface area contributed by atoms with E-state index in [-0.39, 0.29) is 17.1 Å². The monoisotopic (exact) mass is 296 g/mol. The molecule has 2 aromatic carbocycles. The van der Waals surface area contributed by atoms with Gasteiger partial charge in [-0.15, -0.1) is 0 Å². The van der Waals surface area contributed by atoms with Gasteiger partial charge in [-0.05, 0) is 56.0 Å². The lowest BCUT2D eigenvalue weighted by atomic mass is 9.91. The molecule has 1 aliphatic rings. The Morgan fingerprint density at radius 1 is 1.00 bits per heavy atom. The fraction of sp³-hybridized carbons (Fsp3) is 0.263. The Hall–Kier alpha value is -2.42. The third-order valence-electron chi connectivity index (χ3n) is 3.94. The molecule has 1 aliphatic heterocycles. The van der Waals surface area contributed by atoms with Gasteiger partial charge in [-0.1, -0.05) is 24.3 Å². The maximum absolute atomic E-state index is 9.93. The van der Waals surface area contributed by atoms with Crippen molar-refractivity contribution >= 4 is 12.2 Å². The average molecular weight is 296 g/mol. The van der Waals surface area contributed by atoms with Gasteiger partial charge in [-0.2, -0.15) is 0 Å². The van der Waals surface area contributed by atoms with E-state index in [9.17, 15) is 10.2 Å². The summed E-state index contributed by atoms with van der Waals surface area (Å²) in [5.41, 5.74) is 2.90. The van der Waals surface area contributed by atoms with Crippen molar-refractivity contribution in [3.05, 3.63) is 53.1 Å². The van der Waals surface area contributed by atoms with E-state index in [2.05, 4.69) is 13.8 Å². The van der Waals surface area contributed by atoms with E-state index in [1.165, 1.54) is 0 Å². The van der Waals surface area contributed by atoms with Crippen LogP contribution in [0.2, 0.25) is 0 Å². The van der Waals surface area contributed by atoms with Crippen LogP contribution >= 0.6 is 0 Å². The molecule has 0 fully saturated rings. The van der Waals surface area contributed by atoms with Crippen molar-refractivity contribution < 1.29 is 14.9 Å². The fourth-order valence-corrected chi connectivity index (χ4v) is 2.71. The average Bonchev–Trinajstić information content (AvgIpc) is 2.44. The normalized spacial score (nSPS) is 16.3. The summed E-state index contributed by atoms with van der Waals surface area (Å²) in [6.07, 6.45) is 5.82. The number of aromatic hydroxyl groups is 2. The highest BCUT2D eigenvalue weighted by Gasteiger charge is 2.28. The van der Waals surface area contributed by atoms with Gasteiger partial charge < -0.3 is 14.9 Å². The predicted molar refractivity (Wildman–Crippen MR) is 88.2 cm³/mol. The first kappa shape index (κ1) is 14.5. The van der Waals surface area contributed by atoms with E-state index in [0.29, 0.717) is 0 Å². The van der Waals surface area contributed by atoms with Crippen LogP contribution in [0.1, 0.15) is 37.0 Å². The standard InChI is InChI=1S/C19H20O3/c1-19(2)10-9-17-14(11-16(21)12-18(17)22-19)6-3-13-4-7-15(20)8-5-13/h3-8,11-12,20-21H,9-10H2,1-2H3/b6-3+. The minimum atomic E-state index is -0.196. The largest absolute Gasteiger partial charge is 0.508 e. The second-order valence-electron chi connectivity index (χ2n) is 6.30. The molecule has 1 heterocycles. The zero-order valence-electron chi connectivity index (χ0n) is 12.8. The van der Waals surface area contributed by atoms with Gasteiger partial charge in [-0.3, -0.25) is 0 Å². The molecule has 0 saturated carbocycles. The predicted octanol–water partition coefficient (Wildman–Crippen LogP) is 4.37. The number of phenols is 2. The highest BCUT2D eigenvalue weighted by atomic mass is 16.5. The molecule has 0 spiro atoms. The Labute approximate surface area is 130 Å². The summed E-state index contributed by atoms with van der Waals surface area (Å²) in [5.74, 6) is 1.23. The molecule has 0 saturated heterocycles. The lowest BCUT2D eigenvalue weighted by molar-refractivity contribution is 0.0843. The zero-order chi connectivity index (χ0) is 15.7. The van der Waals surface area contributed by atoms with Crippen molar-refractivity contribution in [2.24, 2.45) is 0 Å². The van der Waals surface area contributed by atoms with Gasteiger partial charge in [0.15, 0.2) is 0 Å². The maximum Gasteiger partial charge on any atom is 0.127 e. The van der Waals surface area contributed by atoms with Gasteiger partial charge in [-0.25, -0.2) is 0 Å². The van der Waals surface area contributed by atoms with Gasteiger partial charge >= 0.3 is 0 Å². The molecule has 0 unspecified atom stereocenters. The number of hydrogen-bond acceptors (Lipinski definition) is 3. The van der Waals surface area contributed by atoms with Gasteiger partial charge in [0, 0.05) is 11.6 Å². The molecular weight excluding hydrogens is 276 g/mol. The van der Waals surface area contributed by atoms with Crippen LogP contribution in [-0.4, -0.2) is 15.8 Å². The summed E-state index contributed by atoms with van der Waals surface area (Å²) in [4.78, 5) is 0. The van der Waals surface area contributed by atoms with Gasteiger partial charge in [0.2, 0.25) is 0 Å². The summed E-state index contributed by atoms with van der Waals surface area (Å²) in [7, 11) is 0. The van der Waals surface area contributed by atoms with Gasteiger partial charge in [0.25, 0.3) is 0 Å². The van der Waals surface area contributed by atoms with E-state index < -0.39 is 0 Å². The molecule has 3 heteroatoms. The minimum absolute atomic E-state index is 0.196. The van der Waals surface area contributed by atoms with E-state index in [4.69, 9.17) is 4.74 Å². The SMILES string of the molecule is CC1(C)CCc2c(/C=C/c3ccc(O)cc3)cc(O)cc2O1. The van der Waals surface area contributed by atoms with E-state index >= 15 is 0 Å². The number of rotatable bonds is 2. The quantitative estimate of drug-likeness (QED) is 0.809. The molecular formula is C19H20O3. The number of phenolic OH excluding ortho intramolecular Hbond substituents is 2. The van der Waals surface area contributed by atoms with Crippen LogP contribution in [0.15, 0.2) is 36.4 Å². The maximum atomic E-state index is 9.93. The number of hydrogen-bond donors (Lipinski definition) is 2. The smallest absolute Gasteiger partial charge is 0.127 e. The summed E-state index contributed by atoms with van der Waals surface area (Å²) < 4.78 is 5.98. The van der Waals surface area contributed by atoms with Crippen molar-refractivity contribution in [2.75, 3.05) is 0 Å². The summed E-state index contributed by atoms with van der Waals surface area (Å²) in [6.45, 7) is 4.12. The minimum Gasteiger partial charge on any atom is -0.508 e. The van der Waals surface area contributed by atoms with Crippen LogP contribution in [-0.2, 0) is 6.42 Å². The summed E-state index contributed by atoms with van der Waals surface area (Å²) >= 11 is 0. The Morgan fingerprint density at radius 2 is 1.73 bits per heavy atom. The lowest BCUT2D eigenvalue weighted by Gasteiger charge is -2.33. The molecule has 3 rings (SSSR count). The van der Waals surface area contributed by atoms with Gasteiger partial charge in [0.05, 0.1) is 0 Å². The molecule has 114 valence electrons. The van der Waals surface area contributed by atoms with Gasteiger partial charge in [0.1, 0.15) is 22.8 Å². The fourth-order valence-electron chi connectivity index (χ4n) is 2.71. The molecule has 0 bridgehead atoms. The van der Waals surface area contributed by atoms with Crippen LogP contribution < -0.4 is 4.74 Å². The molecule has 2 N–H and O–H groups in total. The third kappa shape index (κ3) is 3.08. The Morgan fingerprint density at radius 3 is 2.45 bits per heavy atom. The van der Waals surface area contributed by atoms with E-state index in [1.807, 2.05) is 24.3 Å². The van der Waals surface area contributed by atoms with E-state index in [0.717, 1.165) is 35.3 Å². The number of fused-ring (bicyclic) bond motifs is 1. The Kier molecular flexibility index (Phi) is 3.57. The molecule has 0 aliphatic carbocycles. The Bertz CT molecular complexity index is 712. The van der Waals surface area contributed by atoms with Crippen LogP contribution in [0.25, 0.3) is 12.2 Å². The third-order valence-corrected chi connectivity index (χ3v) is 3.94. The summed E-state index contributed by atoms with van der Waals surface area (Å²) in [6, 6.07) is 10.5. The number of benzene rings is 2. The molecule has 22 heavy (non-hydrogen) atoms. The highest BCUT2D eigenvalue weighted by Crippen LogP contribution is 2.38. The first-order valence-corrected chi connectivity index (χ1v) is 7.45. The molecule has 0 radical (unpaired) electrons. The molecule has 3 nitrogen and oxygen atoms in total. The molecule has 0 aromatic heterocycles. The van der Waals surface area contributed by atoms with Crippen molar-refractivity contribution in [3.63, 3.8) is 0 Å². The van der Waals surface area contributed by atoms with E-state index in [1.54, 1.807) is 24.3 Å². The summed E-state index contributed by atoms with van der Waals surface area (Å²) in [5, 5.41) is 19.2. The molecule has 0 atom stereocenters. The topological polar surface area (TPSA) is 49.7 Å². The van der Waals surface area contributed by atoms with Crippen molar-refractivity contribution in [2.45, 2.75) is 32.3 Å². The zero-order valence-corrected chi connectivity index (χ0v) is 12.8. The van der Waals surface area contributed by atoms with Crippen LogP contribution in [0.3, 0.4) is 0 Å². The first-order chi connectivity index (χ1) is 10.4. The first-order valence-electron chi connectivity index (χ1n) is 7.45. The van der Waals surface area contributed by atoms with Crippen molar-refractivity contribution in [1.29, 1.82) is 0 Å². The second-order valence-corrected chi connectivity index (χ2v) is 6.30. The molecule has 0 amide bonds. The second kappa shape index (κ2) is 5.41. The highest BCUT2D eigenvalue weighted by molar-refractivity contribution is 5.73.